The van der Waals surface area contributed by atoms with Crippen molar-refractivity contribution in [3.05, 3.63) is 59.3 Å². The Morgan fingerprint density at radius 2 is 1.62 bits per heavy atom. The number of rotatable bonds is 3. The lowest BCUT2D eigenvalue weighted by molar-refractivity contribution is 0.642. The predicted molar refractivity (Wildman–Crippen MR) is 105 cm³/mol. The first-order chi connectivity index (χ1) is 12.9. The maximum absolute atomic E-state index is 4.82. The Morgan fingerprint density at radius 3 is 2.38 bits per heavy atom. The van der Waals surface area contributed by atoms with Crippen molar-refractivity contribution in [3.8, 4) is 11.4 Å². The highest BCUT2D eigenvalue weighted by molar-refractivity contribution is 7.08. The van der Waals surface area contributed by atoms with Crippen LogP contribution >= 0.6 is 11.3 Å². The number of para-hydroxylation sites is 1. The number of aromatic nitrogens is 4. The second-order valence-electron chi connectivity index (χ2n) is 6.31. The van der Waals surface area contributed by atoms with Gasteiger partial charge in [0.05, 0.1) is 0 Å². The van der Waals surface area contributed by atoms with Crippen LogP contribution in [0, 0.1) is 0 Å². The van der Waals surface area contributed by atoms with E-state index in [1.807, 2.05) is 28.1 Å². The van der Waals surface area contributed by atoms with Gasteiger partial charge in [-0.3, -0.25) is 0 Å². The summed E-state index contributed by atoms with van der Waals surface area (Å²) in [6.45, 7) is 3.87. The van der Waals surface area contributed by atoms with E-state index in [0.29, 0.717) is 0 Å². The van der Waals surface area contributed by atoms with Crippen LogP contribution in [0.15, 0.2) is 59.3 Å². The van der Waals surface area contributed by atoms with E-state index in [-0.39, 0.29) is 0 Å². The third kappa shape index (κ3) is 2.70. The summed E-state index contributed by atoms with van der Waals surface area (Å²) in [6, 6.07) is 16.7. The molecule has 3 aromatic heterocycles. The lowest BCUT2D eigenvalue weighted by Gasteiger charge is -2.36. The van der Waals surface area contributed by atoms with Gasteiger partial charge in [0.25, 0.3) is 0 Å². The number of nitrogens with zero attached hydrogens (tertiary/aromatic N) is 6. The van der Waals surface area contributed by atoms with Crippen LogP contribution in [-0.2, 0) is 0 Å². The van der Waals surface area contributed by atoms with Gasteiger partial charge in [-0.25, -0.2) is 0 Å². The van der Waals surface area contributed by atoms with Crippen LogP contribution in [-0.4, -0.2) is 46.0 Å². The number of fused-ring (bicyclic) bond motifs is 1. The third-order valence-corrected chi connectivity index (χ3v) is 5.44. The number of piperazine rings is 1. The molecule has 0 spiro atoms. The second-order valence-corrected chi connectivity index (χ2v) is 7.09. The van der Waals surface area contributed by atoms with Crippen LogP contribution in [0.25, 0.3) is 17.0 Å². The van der Waals surface area contributed by atoms with Gasteiger partial charge in [-0.15, -0.1) is 15.3 Å². The minimum absolute atomic E-state index is 0.776. The van der Waals surface area contributed by atoms with Gasteiger partial charge in [0.1, 0.15) is 5.82 Å². The second kappa shape index (κ2) is 6.42. The number of hydrogen-bond acceptors (Lipinski definition) is 6. The van der Waals surface area contributed by atoms with E-state index in [2.05, 4.69) is 55.7 Å². The Bertz CT molecular complexity index is 1000. The third-order valence-electron chi connectivity index (χ3n) is 4.75. The van der Waals surface area contributed by atoms with Crippen LogP contribution in [0.5, 0.6) is 0 Å². The molecule has 0 N–H and O–H groups in total. The van der Waals surface area contributed by atoms with E-state index >= 15 is 0 Å². The van der Waals surface area contributed by atoms with Crippen LogP contribution in [0.3, 0.4) is 0 Å². The lowest BCUT2D eigenvalue weighted by Crippen LogP contribution is -2.46. The molecule has 7 heteroatoms. The number of anilines is 2. The number of hydrogen-bond donors (Lipinski definition) is 0. The molecule has 130 valence electrons. The molecule has 4 aromatic rings. The molecule has 1 aliphatic rings. The van der Waals surface area contributed by atoms with Crippen molar-refractivity contribution in [1.82, 2.24) is 19.8 Å². The van der Waals surface area contributed by atoms with E-state index in [0.717, 1.165) is 49.0 Å². The van der Waals surface area contributed by atoms with Gasteiger partial charge in [0, 0.05) is 42.8 Å². The van der Waals surface area contributed by atoms with Crippen molar-refractivity contribution in [1.29, 1.82) is 0 Å². The Morgan fingerprint density at radius 1 is 0.808 bits per heavy atom. The van der Waals surface area contributed by atoms with E-state index in [4.69, 9.17) is 5.10 Å². The molecule has 0 amide bonds. The van der Waals surface area contributed by atoms with Gasteiger partial charge in [0.2, 0.25) is 0 Å². The molecular weight excluding hydrogens is 344 g/mol. The fourth-order valence-corrected chi connectivity index (χ4v) is 3.99. The summed E-state index contributed by atoms with van der Waals surface area (Å²) in [4.78, 5) is 4.75. The molecule has 1 aromatic carbocycles. The zero-order valence-corrected chi connectivity index (χ0v) is 15.0. The Balaban J connectivity index is 1.39. The van der Waals surface area contributed by atoms with Crippen molar-refractivity contribution >= 4 is 28.5 Å². The van der Waals surface area contributed by atoms with Gasteiger partial charge < -0.3 is 9.80 Å². The molecule has 5 rings (SSSR count). The summed E-state index contributed by atoms with van der Waals surface area (Å²) in [6.07, 6.45) is 0. The summed E-state index contributed by atoms with van der Waals surface area (Å²) >= 11 is 1.65. The van der Waals surface area contributed by atoms with Crippen LogP contribution in [0.4, 0.5) is 11.5 Å². The van der Waals surface area contributed by atoms with E-state index in [1.165, 1.54) is 5.69 Å². The van der Waals surface area contributed by atoms with Crippen LogP contribution in [0.1, 0.15) is 0 Å². The molecule has 0 aliphatic carbocycles. The molecule has 0 saturated carbocycles. The molecule has 1 aliphatic heterocycles. The first kappa shape index (κ1) is 15.3. The predicted octanol–water partition coefficient (Wildman–Crippen LogP) is 3.18. The Hall–Kier alpha value is -2.93. The normalized spacial score (nSPS) is 14.9. The van der Waals surface area contributed by atoms with Crippen molar-refractivity contribution in [2.45, 2.75) is 0 Å². The summed E-state index contributed by atoms with van der Waals surface area (Å²) in [5.41, 5.74) is 3.12. The van der Waals surface area contributed by atoms with E-state index < -0.39 is 0 Å². The minimum Gasteiger partial charge on any atom is -0.368 e. The first-order valence-electron chi connectivity index (χ1n) is 8.68. The molecule has 0 unspecified atom stereocenters. The van der Waals surface area contributed by atoms with Crippen molar-refractivity contribution in [2.75, 3.05) is 36.0 Å². The van der Waals surface area contributed by atoms with E-state index in [1.54, 1.807) is 11.3 Å². The highest BCUT2D eigenvalue weighted by Crippen LogP contribution is 2.23. The molecule has 1 saturated heterocycles. The fraction of sp³-hybridized carbons (Fsp3) is 0.211. The average molecular weight is 362 g/mol. The molecule has 0 radical (unpaired) electrons. The SMILES string of the molecule is c1ccc(N2CCN(c3ccc4nnc(-c5ccsc5)n4n3)CC2)cc1. The lowest BCUT2D eigenvalue weighted by atomic mass is 10.2. The van der Waals surface area contributed by atoms with Crippen molar-refractivity contribution in [2.24, 2.45) is 0 Å². The maximum atomic E-state index is 4.82. The fourth-order valence-electron chi connectivity index (χ4n) is 3.35. The van der Waals surface area contributed by atoms with Crippen LogP contribution in [0.2, 0.25) is 0 Å². The zero-order valence-electron chi connectivity index (χ0n) is 14.2. The Kier molecular flexibility index (Phi) is 3.79. The molecule has 26 heavy (non-hydrogen) atoms. The van der Waals surface area contributed by atoms with Crippen molar-refractivity contribution < 1.29 is 0 Å². The summed E-state index contributed by atoms with van der Waals surface area (Å²) in [5.74, 6) is 1.77. The highest BCUT2D eigenvalue weighted by atomic mass is 32.1. The summed E-state index contributed by atoms with van der Waals surface area (Å²) in [7, 11) is 0. The van der Waals surface area contributed by atoms with Gasteiger partial charge in [-0.1, -0.05) is 18.2 Å². The molecule has 0 bridgehead atoms. The molecule has 0 atom stereocenters. The zero-order chi connectivity index (χ0) is 17.3. The molecule has 6 nitrogen and oxygen atoms in total. The highest BCUT2D eigenvalue weighted by Gasteiger charge is 2.19. The minimum atomic E-state index is 0.776. The van der Waals surface area contributed by atoms with Gasteiger partial charge >= 0.3 is 0 Å². The van der Waals surface area contributed by atoms with Gasteiger partial charge in [0.15, 0.2) is 11.5 Å². The standard InChI is InChI=1S/C19H18N6S/c1-2-4-16(5-3-1)23-9-11-24(12-10-23)18-7-6-17-20-21-19(25(17)22-18)15-8-13-26-14-15/h1-8,13-14H,9-12H2. The number of benzene rings is 1. The van der Waals surface area contributed by atoms with Gasteiger partial charge in [-0.05, 0) is 35.7 Å². The first-order valence-corrected chi connectivity index (χ1v) is 9.63. The van der Waals surface area contributed by atoms with Gasteiger partial charge in [-0.2, -0.15) is 15.9 Å². The average Bonchev–Trinajstić information content (AvgIpc) is 3.38. The monoisotopic (exact) mass is 362 g/mol. The molecule has 1 fully saturated rings. The van der Waals surface area contributed by atoms with Crippen LogP contribution < -0.4 is 9.80 Å². The quantitative estimate of drug-likeness (QED) is 0.560. The summed E-state index contributed by atoms with van der Waals surface area (Å²) in [5, 5.41) is 17.5. The van der Waals surface area contributed by atoms with E-state index in [9.17, 15) is 0 Å². The Labute approximate surface area is 155 Å². The van der Waals surface area contributed by atoms with Crippen molar-refractivity contribution in [3.63, 3.8) is 0 Å². The largest absolute Gasteiger partial charge is 0.368 e. The molecule has 4 heterocycles. The molecular formula is C19H18N6S. The number of thiophene rings is 1. The smallest absolute Gasteiger partial charge is 0.186 e. The maximum Gasteiger partial charge on any atom is 0.186 e. The summed E-state index contributed by atoms with van der Waals surface area (Å²) < 4.78 is 1.85. The topological polar surface area (TPSA) is 49.6 Å².